The van der Waals surface area contributed by atoms with Crippen LogP contribution in [0.15, 0.2) is 48.5 Å². The molecule has 0 atom stereocenters. The predicted molar refractivity (Wildman–Crippen MR) is 70.6 cm³/mol. The fraction of sp³-hybridized carbons (Fsp3) is 0.0667. The molecule has 0 amide bonds. The summed E-state index contributed by atoms with van der Waals surface area (Å²) in [6.45, 7) is 2.13. The number of hydrogen-bond donors (Lipinski definition) is 1. The monoisotopic (exact) mass is 207 g/mol. The fourth-order valence-corrected chi connectivity index (χ4v) is 2.37. The topological polar surface area (TPSA) is 26.0 Å². The first-order valence-electron chi connectivity index (χ1n) is 5.44. The molecule has 0 radical (unpaired) electrons. The van der Waals surface area contributed by atoms with Gasteiger partial charge in [0.1, 0.15) is 0 Å². The van der Waals surface area contributed by atoms with Gasteiger partial charge in [0.05, 0.1) is 0 Å². The molecule has 1 heteroatoms. The van der Waals surface area contributed by atoms with E-state index in [1.165, 1.54) is 27.1 Å². The van der Waals surface area contributed by atoms with E-state index in [2.05, 4.69) is 43.3 Å². The Morgan fingerprint density at radius 1 is 0.750 bits per heavy atom. The Bertz CT molecular complexity index is 623. The van der Waals surface area contributed by atoms with E-state index in [0.717, 1.165) is 5.69 Å². The molecule has 0 bridgehead atoms. The molecule has 0 aromatic heterocycles. The molecule has 3 aromatic carbocycles. The zero-order chi connectivity index (χ0) is 11.1. The van der Waals surface area contributed by atoms with Gasteiger partial charge >= 0.3 is 0 Å². The van der Waals surface area contributed by atoms with Crippen molar-refractivity contribution in [2.45, 2.75) is 6.92 Å². The molecule has 1 nitrogen and oxygen atoms in total. The highest BCUT2D eigenvalue weighted by Crippen LogP contribution is 2.31. The Hall–Kier alpha value is -2.02. The van der Waals surface area contributed by atoms with E-state index in [-0.39, 0.29) is 0 Å². The maximum atomic E-state index is 6.09. The van der Waals surface area contributed by atoms with Crippen LogP contribution in [0.3, 0.4) is 0 Å². The number of benzene rings is 3. The van der Waals surface area contributed by atoms with Crippen molar-refractivity contribution in [2.24, 2.45) is 0 Å². The number of hydrogen-bond acceptors (Lipinski definition) is 1. The van der Waals surface area contributed by atoms with Crippen molar-refractivity contribution >= 4 is 27.2 Å². The Balaban J connectivity index is 2.67. The van der Waals surface area contributed by atoms with Crippen molar-refractivity contribution < 1.29 is 0 Å². The molecule has 0 saturated carbocycles. The molecule has 0 aliphatic rings. The minimum atomic E-state index is 0.859. The normalized spacial score (nSPS) is 11.1. The summed E-state index contributed by atoms with van der Waals surface area (Å²) in [6, 6.07) is 16.7. The molecule has 0 unspecified atom stereocenters. The van der Waals surface area contributed by atoms with Gasteiger partial charge in [-0.15, -0.1) is 0 Å². The average molecular weight is 207 g/mol. The number of rotatable bonds is 0. The molecule has 2 N–H and O–H groups in total. The second-order valence-corrected chi connectivity index (χ2v) is 4.18. The van der Waals surface area contributed by atoms with Crippen LogP contribution in [0.25, 0.3) is 21.5 Å². The largest absolute Gasteiger partial charge is 0.398 e. The van der Waals surface area contributed by atoms with E-state index in [4.69, 9.17) is 5.73 Å². The Kier molecular flexibility index (Phi) is 1.87. The van der Waals surface area contributed by atoms with E-state index >= 15 is 0 Å². The molecule has 16 heavy (non-hydrogen) atoms. The van der Waals surface area contributed by atoms with Gasteiger partial charge in [-0.1, -0.05) is 42.5 Å². The molecule has 0 heterocycles. The lowest BCUT2D eigenvalue weighted by molar-refractivity contribution is 1.54. The van der Waals surface area contributed by atoms with Gasteiger partial charge in [-0.2, -0.15) is 0 Å². The van der Waals surface area contributed by atoms with Crippen LogP contribution in [-0.4, -0.2) is 0 Å². The van der Waals surface area contributed by atoms with Gasteiger partial charge in [0, 0.05) is 11.1 Å². The van der Waals surface area contributed by atoms with E-state index in [1.807, 2.05) is 12.1 Å². The molecule has 0 aliphatic carbocycles. The van der Waals surface area contributed by atoms with Crippen LogP contribution in [0, 0.1) is 6.92 Å². The fourth-order valence-electron chi connectivity index (χ4n) is 2.37. The van der Waals surface area contributed by atoms with Crippen molar-refractivity contribution in [2.75, 3.05) is 5.73 Å². The summed E-state index contributed by atoms with van der Waals surface area (Å²) in [5, 5.41) is 4.92. The quantitative estimate of drug-likeness (QED) is 0.439. The van der Waals surface area contributed by atoms with Gasteiger partial charge in [0.2, 0.25) is 0 Å². The number of nitrogens with two attached hydrogens (primary N) is 1. The molecule has 0 spiro atoms. The van der Waals surface area contributed by atoms with Crippen molar-refractivity contribution in [3.05, 3.63) is 54.1 Å². The van der Waals surface area contributed by atoms with Crippen LogP contribution < -0.4 is 5.73 Å². The third-order valence-electron chi connectivity index (χ3n) is 3.13. The van der Waals surface area contributed by atoms with E-state index in [0.29, 0.717) is 0 Å². The smallest absolute Gasteiger partial charge is 0.0400 e. The lowest BCUT2D eigenvalue weighted by atomic mass is 9.97. The summed E-state index contributed by atoms with van der Waals surface area (Å²) in [7, 11) is 0. The van der Waals surface area contributed by atoms with Gasteiger partial charge in [-0.25, -0.2) is 0 Å². The first-order valence-corrected chi connectivity index (χ1v) is 5.44. The van der Waals surface area contributed by atoms with Crippen molar-refractivity contribution in [3.8, 4) is 0 Å². The number of fused-ring (bicyclic) bond motifs is 3. The van der Waals surface area contributed by atoms with Gasteiger partial charge in [0.25, 0.3) is 0 Å². The molecule has 0 fully saturated rings. The average Bonchev–Trinajstić information content (AvgIpc) is 2.29. The lowest BCUT2D eigenvalue weighted by Gasteiger charge is -2.08. The SMILES string of the molecule is Cc1cccc2ccc3cccc(N)c3c12. The van der Waals surface area contributed by atoms with Gasteiger partial charge in [-0.3, -0.25) is 0 Å². The first kappa shape index (κ1) is 9.22. The standard InChI is InChI=1S/C15H13N/c1-10-4-2-5-11-8-9-12-6-3-7-13(16)15(12)14(10)11/h2-9H,16H2,1H3. The second-order valence-electron chi connectivity index (χ2n) is 4.18. The maximum absolute atomic E-state index is 6.09. The van der Waals surface area contributed by atoms with Gasteiger partial charge in [-0.05, 0) is 34.7 Å². The Labute approximate surface area is 94.5 Å². The molecule has 0 aliphatic heterocycles. The molecule has 3 rings (SSSR count). The first-order chi connectivity index (χ1) is 7.77. The number of anilines is 1. The van der Waals surface area contributed by atoms with Crippen LogP contribution in [0.4, 0.5) is 5.69 Å². The van der Waals surface area contributed by atoms with Crippen molar-refractivity contribution in [3.63, 3.8) is 0 Å². The summed E-state index contributed by atoms with van der Waals surface area (Å²) in [5.41, 5.74) is 8.23. The summed E-state index contributed by atoms with van der Waals surface area (Å²) in [5.74, 6) is 0. The number of nitrogen functional groups attached to an aromatic ring is 1. The van der Waals surface area contributed by atoms with E-state index in [1.54, 1.807) is 0 Å². The molecular formula is C15H13N. The third kappa shape index (κ3) is 1.18. The highest BCUT2D eigenvalue weighted by atomic mass is 14.5. The van der Waals surface area contributed by atoms with E-state index < -0.39 is 0 Å². The highest BCUT2D eigenvalue weighted by molar-refractivity contribution is 6.14. The molecular weight excluding hydrogens is 194 g/mol. The third-order valence-corrected chi connectivity index (χ3v) is 3.13. The van der Waals surface area contributed by atoms with Crippen LogP contribution >= 0.6 is 0 Å². The second kappa shape index (κ2) is 3.24. The molecule has 78 valence electrons. The van der Waals surface area contributed by atoms with E-state index in [9.17, 15) is 0 Å². The van der Waals surface area contributed by atoms with Gasteiger partial charge < -0.3 is 5.73 Å². The van der Waals surface area contributed by atoms with Gasteiger partial charge in [0.15, 0.2) is 0 Å². The zero-order valence-electron chi connectivity index (χ0n) is 9.20. The van der Waals surface area contributed by atoms with Crippen molar-refractivity contribution in [1.82, 2.24) is 0 Å². The summed E-state index contributed by atoms with van der Waals surface area (Å²) in [4.78, 5) is 0. The van der Waals surface area contributed by atoms with Crippen LogP contribution in [-0.2, 0) is 0 Å². The van der Waals surface area contributed by atoms with Crippen LogP contribution in [0.2, 0.25) is 0 Å². The predicted octanol–water partition coefficient (Wildman–Crippen LogP) is 3.88. The lowest BCUT2D eigenvalue weighted by Crippen LogP contribution is -1.89. The minimum absolute atomic E-state index is 0.859. The minimum Gasteiger partial charge on any atom is -0.398 e. The number of aryl methyl sites for hydroxylation is 1. The summed E-state index contributed by atoms with van der Waals surface area (Å²) < 4.78 is 0. The Morgan fingerprint density at radius 3 is 2.12 bits per heavy atom. The Morgan fingerprint density at radius 2 is 1.38 bits per heavy atom. The highest BCUT2D eigenvalue weighted by Gasteiger charge is 2.05. The maximum Gasteiger partial charge on any atom is 0.0400 e. The summed E-state index contributed by atoms with van der Waals surface area (Å²) >= 11 is 0. The molecule has 0 saturated heterocycles. The zero-order valence-corrected chi connectivity index (χ0v) is 9.20. The van der Waals surface area contributed by atoms with Crippen LogP contribution in [0.5, 0.6) is 0 Å². The van der Waals surface area contributed by atoms with Crippen LogP contribution in [0.1, 0.15) is 5.56 Å². The summed E-state index contributed by atoms with van der Waals surface area (Å²) in [6.07, 6.45) is 0. The molecule has 3 aromatic rings. The van der Waals surface area contributed by atoms with Crippen molar-refractivity contribution in [1.29, 1.82) is 0 Å².